The van der Waals surface area contributed by atoms with Gasteiger partial charge in [0.1, 0.15) is 11.5 Å². The van der Waals surface area contributed by atoms with Crippen LogP contribution in [-0.4, -0.2) is 50.5 Å². The van der Waals surface area contributed by atoms with E-state index >= 15 is 0 Å². The van der Waals surface area contributed by atoms with Crippen molar-refractivity contribution in [2.75, 3.05) is 25.1 Å². The molecule has 0 radical (unpaired) electrons. The monoisotopic (exact) mass is 375 g/mol. The molecule has 8 nitrogen and oxygen atoms in total. The summed E-state index contributed by atoms with van der Waals surface area (Å²) in [7, 11) is 1.62. The second-order valence-corrected chi connectivity index (χ2v) is 6.89. The summed E-state index contributed by atoms with van der Waals surface area (Å²) in [6.07, 6.45) is 17.8. The molecule has 1 saturated heterocycles. The summed E-state index contributed by atoms with van der Waals surface area (Å²) >= 11 is 0. The molecular formula is C20H21N7O. The van der Waals surface area contributed by atoms with Crippen LogP contribution in [0.15, 0.2) is 60.3 Å². The third-order valence-corrected chi connectivity index (χ3v) is 5.15. The highest BCUT2D eigenvalue weighted by atomic mass is 16.5. The molecule has 0 N–H and O–H groups in total. The van der Waals surface area contributed by atoms with Gasteiger partial charge in [0.25, 0.3) is 0 Å². The minimum absolute atomic E-state index is 0.0834. The van der Waals surface area contributed by atoms with Crippen molar-refractivity contribution in [3.63, 3.8) is 0 Å². The van der Waals surface area contributed by atoms with Crippen molar-refractivity contribution in [3.8, 4) is 5.69 Å². The first kappa shape index (κ1) is 16.7. The number of fused-ring (bicyclic) bond motifs is 1. The van der Waals surface area contributed by atoms with Gasteiger partial charge in [-0.25, -0.2) is 19.2 Å². The molecule has 1 unspecified atom stereocenters. The van der Waals surface area contributed by atoms with Crippen LogP contribution in [0.5, 0.6) is 0 Å². The molecular weight excluding hydrogens is 354 g/mol. The van der Waals surface area contributed by atoms with E-state index in [1.807, 2.05) is 47.6 Å². The van der Waals surface area contributed by atoms with E-state index < -0.39 is 0 Å². The first-order chi connectivity index (χ1) is 13.8. The number of rotatable bonds is 3. The maximum atomic E-state index is 5.19. The first-order valence-electron chi connectivity index (χ1n) is 9.43. The zero-order valence-electron chi connectivity index (χ0n) is 15.6. The zero-order valence-corrected chi connectivity index (χ0v) is 15.6. The van der Waals surface area contributed by atoms with Gasteiger partial charge in [0.05, 0.1) is 19.5 Å². The van der Waals surface area contributed by atoms with E-state index in [9.17, 15) is 0 Å². The Bertz CT molecular complexity index is 1090. The van der Waals surface area contributed by atoms with Crippen LogP contribution in [0.1, 0.15) is 24.3 Å². The van der Waals surface area contributed by atoms with Gasteiger partial charge >= 0.3 is 0 Å². The summed E-state index contributed by atoms with van der Waals surface area (Å²) in [6.45, 7) is 2.12. The molecule has 28 heavy (non-hydrogen) atoms. The predicted molar refractivity (Wildman–Crippen MR) is 107 cm³/mol. The highest BCUT2D eigenvalue weighted by Crippen LogP contribution is 2.24. The second-order valence-electron chi connectivity index (χ2n) is 6.89. The maximum Gasteiger partial charge on any atom is 0.212 e. The lowest BCUT2D eigenvalue weighted by Crippen LogP contribution is -2.19. The lowest BCUT2D eigenvalue weighted by molar-refractivity contribution is 0.407. The molecule has 3 aromatic rings. The summed E-state index contributed by atoms with van der Waals surface area (Å²) in [4.78, 5) is 11.4. The highest BCUT2D eigenvalue weighted by molar-refractivity contribution is 5.88. The molecule has 0 bridgehead atoms. The number of nitrogens with zero attached hydrogens (tertiary/aromatic N) is 7. The summed E-state index contributed by atoms with van der Waals surface area (Å²) < 4.78 is 8.82. The molecule has 5 rings (SSSR count). The largest absolute Gasteiger partial charge is 0.481 e. The van der Waals surface area contributed by atoms with E-state index in [0.29, 0.717) is 5.90 Å². The van der Waals surface area contributed by atoms with Crippen molar-refractivity contribution in [2.24, 2.45) is 4.99 Å². The Morgan fingerprint density at radius 1 is 1.11 bits per heavy atom. The van der Waals surface area contributed by atoms with Gasteiger partial charge in [0, 0.05) is 43.2 Å². The number of ether oxygens (including phenoxy) is 1. The van der Waals surface area contributed by atoms with E-state index in [-0.39, 0.29) is 5.92 Å². The highest BCUT2D eigenvalue weighted by Gasteiger charge is 2.17. The van der Waals surface area contributed by atoms with Crippen LogP contribution in [0.25, 0.3) is 11.3 Å². The molecule has 5 heterocycles. The van der Waals surface area contributed by atoms with Gasteiger partial charge in [-0.3, -0.25) is 0 Å². The fourth-order valence-corrected chi connectivity index (χ4v) is 3.62. The molecule has 0 amide bonds. The number of aromatic nitrogens is 5. The van der Waals surface area contributed by atoms with Gasteiger partial charge in [-0.1, -0.05) is 12.2 Å². The lowest BCUT2D eigenvalue weighted by atomic mass is 10.0. The Kier molecular flexibility index (Phi) is 4.16. The molecule has 1 atom stereocenters. The second kappa shape index (κ2) is 6.95. The van der Waals surface area contributed by atoms with Gasteiger partial charge in [-0.2, -0.15) is 10.2 Å². The van der Waals surface area contributed by atoms with Crippen molar-refractivity contribution in [2.45, 2.75) is 18.8 Å². The minimum Gasteiger partial charge on any atom is -0.481 e. The average Bonchev–Trinajstić information content (AvgIpc) is 3.45. The topological polar surface area (TPSA) is 72.8 Å². The number of hydrogen-bond donors (Lipinski definition) is 0. The normalized spacial score (nSPS) is 19.2. The number of aliphatic imine (C=N–C) groups is 1. The van der Waals surface area contributed by atoms with Crippen LogP contribution in [-0.2, 0) is 4.74 Å². The van der Waals surface area contributed by atoms with Crippen molar-refractivity contribution in [1.82, 2.24) is 24.4 Å². The summed E-state index contributed by atoms with van der Waals surface area (Å²) in [5.74, 6) is 1.67. The SMILES string of the molecule is COC1=NC=CC(c2cnn(-c3cnn4ccc(N5CCCC5)nc34)c2)C=C1. The van der Waals surface area contributed by atoms with E-state index in [0.717, 1.165) is 35.8 Å². The summed E-state index contributed by atoms with van der Waals surface area (Å²) in [6, 6.07) is 2.03. The number of methoxy groups -OCH3 is 1. The van der Waals surface area contributed by atoms with E-state index in [2.05, 4.69) is 20.1 Å². The zero-order chi connectivity index (χ0) is 18.9. The van der Waals surface area contributed by atoms with Gasteiger partial charge in [0.15, 0.2) is 5.65 Å². The Morgan fingerprint density at radius 2 is 2.00 bits per heavy atom. The van der Waals surface area contributed by atoms with Gasteiger partial charge < -0.3 is 9.64 Å². The third kappa shape index (κ3) is 2.96. The van der Waals surface area contributed by atoms with Crippen molar-refractivity contribution >= 4 is 17.4 Å². The Morgan fingerprint density at radius 3 is 2.86 bits per heavy atom. The molecule has 0 aromatic carbocycles. The predicted octanol–water partition coefficient (Wildman–Crippen LogP) is 2.73. The Labute approximate surface area is 162 Å². The fraction of sp³-hybridized carbons (Fsp3) is 0.300. The standard InChI is InChI=1S/C20H21N7O/c1-28-19-5-4-15(6-8-21-19)16-12-22-27(14-16)17-13-23-26-11-7-18(24-20(17)26)25-9-2-3-10-25/h4-8,11-15H,2-3,9-10H2,1H3. The Hall–Kier alpha value is -3.42. The number of hydrogen-bond acceptors (Lipinski definition) is 6. The van der Waals surface area contributed by atoms with Crippen molar-refractivity contribution < 1.29 is 4.74 Å². The minimum atomic E-state index is 0.0834. The van der Waals surface area contributed by atoms with Crippen LogP contribution >= 0.6 is 0 Å². The summed E-state index contributed by atoms with van der Waals surface area (Å²) in [5.41, 5.74) is 2.73. The molecule has 1 fully saturated rings. The quantitative estimate of drug-likeness (QED) is 0.704. The van der Waals surface area contributed by atoms with Crippen LogP contribution in [0.4, 0.5) is 5.82 Å². The molecule has 0 aliphatic carbocycles. The van der Waals surface area contributed by atoms with Gasteiger partial charge in [0.2, 0.25) is 5.90 Å². The third-order valence-electron chi connectivity index (χ3n) is 5.15. The first-order valence-corrected chi connectivity index (χ1v) is 9.43. The maximum absolute atomic E-state index is 5.19. The van der Waals surface area contributed by atoms with Crippen LogP contribution in [0, 0.1) is 0 Å². The molecule has 2 aliphatic heterocycles. The van der Waals surface area contributed by atoms with Gasteiger partial charge in [-0.05, 0) is 25.0 Å². The number of allylic oxidation sites excluding steroid dienone is 2. The molecule has 8 heteroatoms. The van der Waals surface area contributed by atoms with E-state index in [4.69, 9.17) is 9.72 Å². The fourth-order valence-electron chi connectivity index (χ4n) is 3.62. The van der Waals surface area contributed by atoms with Crippen LogP contribution in [0.2, 0.25) is 0 Å². The van der Waals surface area contributed by atoms with Crippen LogP contribution in [0.3, 0.4) is 0 Å². The van der Waals surface area contributed by atoms with E-state index in [1.54, 1.807) is 24.0 Å². The lowest BCUT2D eigenvalue weighted by Gasteiger charge is -2.16. The van der Waals surface area contributed by atoms with Gasteiger partial charge in [-0.15, -0.1) is 0 Å². The van der Waals surface area contributed by atoms with E-state index in [1.165, 1.54) is 12.8 Å². The Balaban J connectivity index is 1.47. The molecule has 2 aliphatic rings. The van der Waals surface area contributed by atoms with Crippen molar-refractivity contribution in [3.05, 3.63) is 60.8 Å². The molecule has 0 saturated carbocycles. The average molecular weight is 375 g/mol. The number of anilines is 1. The molecule has 0 spiro atoms. The van der Waals surface area contributed by atoms with Crippen LogP contribution < -0.4 is 4.90 Å². The smallest absolute Gasteiger partial charge is 0.212 e. The molecule has 142 valence electrons. The molecule has 3 aromatic heterocycles. The summed E-state index contributed by atoms with van der Waals surface area (Å²) in [5, 5.41) is 8.99. The van der Waals surface area contributed by atoms with Crippen molar-refractivity contribution in [1.29, 1.82) is 0 Å².